The summed E-state index contributed by atoms with van der Waals surface area (Å²) < 4.78 is 31.2. The van der Waals surface area contributed by atoms with Gasteiger partial charge in [-0.05, 0) is 38.1 Å². The quantitative estimate of drug-likeness (QED) is 0.625. The van der Waals surface area contributed by atoms with Crippen molar-refractivity contribution in [3.63, 3.8) is 0 Å². The highest BCUT2D eigenvalue weighted by Crippen LogP contribution is 2.42. The molecule has 9 heteroatoms. The van der Waals surface area contributed by atoms with Crippen molar-refractivity contribution in [1.29, 1.82) is 0 Å². The summed E-state index contributed by atoms with van der Waals surface area (Å²) in [5, 5.41) is 7.83. The van der Waals surface area contributed by atoms with Crippen LogP contribution in [0.25, 0.3) is 0 Å². The van der Waals surface area contributed by atoms with Crippen molar-refractivity contribution in [1.82, 2.24) is 9.79 Å². The summed E-state index contributed by atoms with van der Waals surface area (Å²) in [4.78, 5) is 11.9. The summed E-state index contributed by atoms with van der Waals surface area (Å²) >= 11 is 1.19. The van der Waals surface area contributed by atoms with Crippen molar-refractivity contribution in [2.45, 2.75) is 28.9 Å². The van der Waals surface area contributed by atoms with Crippen molar-refractivity contribution in [3.8, 4) is 5.75 Å². The van der Waals surface area contributed by atoms with Crippen molar-refractivity contribution in [2.75, 3.05) is 13.7 Å². The molecule has 1 fully saturated rings. The third-order valence-corrected chi connectivity index (χ3v) is 6.65. The van der Waals surface area contributed by atoms with Gasteiger partial charge in [0.25, 0.3) is 5.91 Å². The number of hydroxylamine groups is 1. The third-order valence-electron chi connectivity index (χ3n) is 3.23. The first-order valence-corrected chi connectivity index (χ1v) is 8.81. The lowest BCUT2D eigenvalue weighted by Crippen LogP contribution is -2.44. The zero-order chi connectivity index (χ0) is 16.5. The van der Waals surface area contributed by atoms with E-state index in [2.05, 4.69) is 0 Å². The molecule has 1 amide bonds. The van der Waals surface area contributed by atoms with Gasteiger partial charge in [0.15, 0.2) is 5.37 Å². The molecule has 7 nitrogen and oxygen atoms in total. The van der Waals surface area contributed by atoms with Gasteiger partial charge >= 0.3 is 0 Å². The predicted octanol–water partition coefficient (Wildman–Crippen LogP) is 1.04. The molecule has 1 atom stereocenters. The number of hydrogen-bond acceptors (Lipinski definition) is 6. The molecule has 0 unspecified atom stereocenters. The van der Waals surface area contributed by atoms with E-state index >= 15 is 0 Å². The second-order valence-electron chi connectivity index (χ2n) is 5.43. The van der Waals surface area contributed by atoms with Gasteiger partial charge in [-0.1, -0.05) is 0 Å². The van der Waals surface area contributed by atoms with Gasteiger partial charge in [-0.3, -0.25) is 10.0 Å². The highest BCUT2D eigenvalue weighted by atomic mass is 32.2. The van der Waals surface area contributed by atoms with Crippen molar-refractivity contribution < 1.29 is 23.2 Å². The lowest BCUT2D eigenvalue weighted by atomic mass is 10.2. The van der Waals surface area contributed by atoms with E-state index in [-0.39, 0.29) is 11.4 Å². The molecule has 1 heterocycles. The Morgan fingerprint density at radius 2 is 2.00 bits per heavy atom. The minimum absolute atomic E-state index is 0.0716. The van der Waals surface area contributed by atoms with E-state index in [0.29, 0.717) is 5.75 Å². The molecule has 22 heavy (non-hydrogen) atoms. The number of carbonyl (C=O) groups excluding carboxylic acids is 1. The van der Waals surface area contributed by atoms with Gasteiger partial charge in [0.05, 0.1) is 12.0 Å². The zero-order valence-electron chi connectivity index (χ0n) is 12.4. The van der Waals surface area contributed by atoms with Gasteiger partial charge in [0.2, 0.25) is 10.0 Å². The summed E-state index contributed by atoms with van der Waals surface area (Å²) in [7, 11) is -2.36. The number of nitrogens with one attached hydrogen (secondary N) is 1. The van der Waals surface area contributed by atoms with Crippen LogP contribution in [0.15, 0.2) is 29.2 Å². The molecular formula is C13H18N2O5S2. The van der Waals surface area contributed by atoms with Crippen molar-refractivity contribution in [2.24, 2.45) is 0 Å². The Labute approximate surface area is 133 Å². The highest BCUT2D eigenvalue weighted by molar-refractivity contribution is 8.03. The van der Waals surface area contributed by atoms with Crippen LogP contribution in [0.1, 0.15) is 13.8 Å². The first kappa shape index (κ1) is 17.1. The Balaban J connectivity index is 2.39. The molecule has 1 saturated heterocycles. The summed E-state index contributed by atoms with van der Waals surface area (Å²) in [6, 6.07) is 5.95. The maximum Gasteiger partial charge on any atom is 0.272 e. The zero-order valence-corrected chi connectivity index (χ0v) is 14.1. The van der Waals surface area contributed by atoms with Crippen LogP contribution in [0.2, 0.25) is 0 Å². The fourth-order valence-corrected chi connectivity index (χ4v) is 5.50. The third kappa shape index (κ3) is 3.22. The Bertz CT molecular complexity index is 658. The standard InChI is InChI=1S/C13H18N2O5S2/c1-13(2)8-15(12(21-13)11(16)14-17)22(18,19)10-6-4-9(20-3)5-7-10/h4-7,12,17H,8H2,1-3H3,(H,14,16)/t12-/m1/s1. The van der Waals surface area contributed by atoms with Crippen molar-refractivity contribution in [3.05, 3.63) is 24.3 Å². The van der Waals surface area contributed by atoms with Gasteiger partial charge in [-0.2, -0.15) is 4.31 Å². The lowest BCUT2D eigenvalue weighted by Gasteiger charge is -2.21. The number of carbonyl (C=O) groups is 1. The SMILES string of the molecule is COc1ccc(S(=O)(=O)N2CC(C)(C)S[C@@H]2C(=O)NO)cc1. The van der Waals surface area contributed by atoms with Gasteiger partial charge in [-0.25, -0.2) is 13.9 Å². The van der Waals surface area contributed by atoms with Crippen LogP contribution in [0, 0.1) is 0 Å². The number of hydrogen-bond donors (Lipinski definition) is 2. The van der Waals surface area contributed by atoms with Crippen LogP contribution in [0.4, 0.5) is 0 Å². The summed E-state index contributed by atoms with van der Waals surface area (Å²) in [6.45, 7) is 3.86. The van der Waals surface area contributed by atoms with Crippen LogP contribution in [-0.2, 0) is 14.8 Å². The molecule has 1 aromatic rings. The number of amides is 1. The molecule has 1 aliphatic heterocycles. The Kier molecular flexibility index (Phi) is 4.71. The minimum Gasteiger partial charge on any atom is -0.497 e. The molecule has 1 aromatic carbocycles. The predicted molar refractivity (Wildman–Crippen MR) is 82.3 cm³/mol. The van der Waals surface area contributed by atoms with E-state index in [4.69, 9.17) is 9.94 Å². The Morgan fingerprint density at radius 1 is 1.41 bits per heavy atom. The summed E-state index contributed by atoms with van der Waals surface area (Å²) in [5.41, 5.74) is 1.53. The van der Waals surface area contributed by atoms with Crippen molar-refractivity contribution >= 4 is 27.7 Å². The average Bonchev–Trinajstić information content (AvgIpc) is 2.83. The number of rotatable bonds is 4. The number of methoxy groups -OCH3 is 1. The monoisotopic (exact) mass is 346 g/mol. The van der Waals surface area contributed by atoms with E-state index in [1.807, 2.05) is 13.8 Å². The molecule has 122 valence electrons. The van der Waals surface area contributed by atoms with Crippen LogP contribution < -0.4 is 10.2 Å². The van der Waals surface area contributed by atoms with E-state index < -0.39 is 26.1 Å². The van der Waals surface area contributed by atoms with Gasteiger partial charge < -0.3 is 4.74 Å². The maximum atomic E-state index is 12.8. The molecule has 2 N–H and O–H groups in total. The molecule has 0 aliphatic carbocycles. The normalized spacial score (nSPS) is 21.5. The van der Waals surface area contributed by atoms with E-state index in [0.717, 1.165) is 4.31 Å². The highest BCUT2D eigenvalue weighted by Gasteiger charge is 2.48. The minimum atomic E-state index is -3.85. The average molecular weight is 346 g/mol. The second-order valence-corrected chi connectivity index (χ2v) is 9.11. The Morgan fingerprint density at radius 3 is 2.50 bits per heavy atom. The molecule has 0 radical (unpaired) electrons. The second kappa shape index (κ2) is 6.07. The molecule has 0 bridgehead atoms. The smallest absolute Gasteiger partial charge is 0.272 e. The van der Waals surface area contributed by atoms with Crippen LogP contribution in [0.3, 0.4) is 0 Å². The number of ether oxygens (including phenoxy) is 1. The summed E-state index contributed by atoms with van der Waals surface area (Å²) in [5.74, 6) is -0.215. The number of nitrogens with zero attached hydrogens (tertiary/aromatic N) is 1. The van der Waals surface area contributed by atoms with Gasteiger partial charge in [0.1, 0.15) is 5.75 Å². The molecule has 0 aromatic heterocycles. The van der Waals surface area contributed by atoms with Crippen LogP contribution >= 0.6 is 11.8 Å². The fourth-order valence-electron chi connectivity index (χ4n) is 2.19. The summed E-state index contributed by atoms with van der Waals surface area (Å²) in [6.07, 6.45) is 0. The number of thioether (sulfide) groups is 1. The number of benzene rings is 1. The topological polar surface area (TPSA) is 95.9 Å². The van der Waals surface area contributed by atoms with Gasteiger partial charge in [-0.15, -0.1) is 11.8 Å². The first-order chi connectivity index (χ1) is 10.2. The van der Waals surface area contributed by atoms with Crippen LogP contribution in [-0.4, -0.2) is 47.6 Å². The molecular weight excluding hydrogens is 328 g/mol. The van der Waals surface area contributed by atoms with E-state index in [9.17, 15) is 13.2 Å². The first-order valence-electron chi connectivity index (χ1n) is 6.49. The molecule has 2 rings (SSSR count). The van der Waals surface area contributed by atoms with E-state index in [1.54, 1.807) is 12.1 Å². The Hall–Kier alpha value is -1.29. The maximum absolute atomic E-state index is 12.8. The largest absolute Gasteiger partial charge is 0.497 e. The lowest BCUT2D eigenvalue weighted by molar-refractivity contribution is -0.130. The molecule has 0 saturated carbocycles. The number of sulfonamides is 1. The molecule has 1 aliphatic rings. The van der Waals surface area contributed by atoms with Crippen LogP contribution in [0.5, 0.6) is 5.75 Å². The molecule has 0 spiro atoms. The fraction of sp³-hybridized carbons (Fsp3) is 0.462. The van der Waals surface area contributed by atoms with E-state index in [1.165, 1.54) is 36.5 Å². The van der Waals surface area contributed by atoms with Gasteiger partial charge in [0, 0.05) is 11.3 Å².